The summed E-state index contributed by atoms with van der Waals surface area (Å²) in [6.45, 7) is 0. The maximum absolute atomic E-state index is 12.4. The molecule has 2 rings (SSSR count). The van der Waals surface area contributed by atoms with Gasteiger partial charge in [-0.05, 0) is 30.3 Å². The third kappa shape index (κ3) is 5.34. The smallest absolute Gasteiger partial charge is 0.269 e. The molecule has 160 valence electrons. The molecule has 0 heterocycles. The van der Waals surface area contributed by atoms with Crippen LogP contribution in [0, 0.1) is 0 Å². The summed E-state index contributed by atoms with van der Waals surface area (Å²) in [6, 6.07) is 8.13. The van der Waals surface area contributed by atoms with Crippen molar-refractivity contribution in [3.63, 3.8) is 0 Å². The average Bonchev–Trinajstić information content (AvgIpc) is 2.79. The van der Waals surface area contributed by atoms with Gasteiger partial charge in [0.1, 0.15) is 11.5 Å². The highest BCUT2D eigenvalue weighted by Gasteiger charge is 2.17. The van der Waals surface area contributed by atoms with Crippen LogP contribution in [-0.2, 0) is 4.79 Å². The van der Waals surface area contributed by atoms with Gasteiger partial charge in [0, 0.05) is 23.3 Å². The number of nitrogens with one attached hydrogen (secondary N) is 2. The van der Waals surface area contributed by atoms with E-state index in [2.05, 4.69) is 10.9 Å². The topological polar surface area (TPSA) is 104 Å². The Morgan fingerprint density at radius 2 is 1.40 bits per heavy atom. The standard InChI is InChI=1S/C21H24N2O7/c1-26-15-8-6-13(16(12-15)27-2)7-9-19(24)22-23-21(25)14-10-17(28-3)20(30-5)18(11-14)29-4/h6-12H,1-5H3,(H,22,24)(H,23,25)/b9-7+. The van der Waals surface area contributed by atoms with Crippen molar-refractivity contribution >= 4 is 17.9 Å². The SMILES string of the molecule is COc1ccc(/C=C/C(=O)NNC(=O)c2cc(OC)c(OC)c(OC)c2)c(OC)c1. The summed E-state index contributed by atoms with van der Waals surface area (Å²) >= 11 is 0. The molecule has 0 atom stereocenters. The summed E-state index contributed by atoms with van der Waals surface area (Å²) in [4.78, 5) is 24.5. The molecular formula is C21H24N2O7. The molecule has 0 saturated heterocycles. The number of amides is 2. The Hall–Kier alpha value is -3.88. The fourth-order valence-corrected chi connectivity index (χ4v) is 2.57. The van der Waals surface area contributed by atoms with E-state index in [-0.39, 0.29) is 5.56 Å². The minimum absolute atomic E-state index is 0.214. The minimum atomic E-state index is -0.557. The molecule has 0 aliphatic heterocycles. The van der Waals surface area contributed by atoms with Crippen molar-refractivity contribution in [1.29, 1.82) is 0 Å². The fraction of sp³-hybridized carbons (Fsp3) is 0.238. The highest BCUT2D eigenvalue weighted by Crippen LogP contribution is 2.38. The van der Waals surface area contributed by atoms with Crippen molar-refractivity contribution in [3.05, 3.63) is 47.5 Å². The molecule has 9 nitrogen and oxygen atoms in total. The van der Waals surface area contributed by atoms with Gasteiger partial charge in [-0.2, -0.15) is 0 Å². The van der Waals surface area contributed by atoms with Crippen LogP contribution < -0.4 is 34.5 Å². The van der Waals surface area contributed by atoms with Gasteiger partial charge in [-0.1, -0.05) is 0 Å². The van der Waals surface area contributed by atoms with Crippen LogP contribution in [0.5, 0.6) is 28.7 Å². The van der Waals surface area contributed by atoms with Crippen molar-refractivity contribution in [2.75, 3.05) is 35.5 Å². The molecule has 2 aromatic rings. The van der Waals surface area contributed by atoms with E-state index in [1.807, 2.05) is 0 Å². The third-order valence-electron chi connectivity index (χ3n) is 4.08. The van der Waals surface area contributed by atoms with Crippen LogP contribution in [-0.4, -0.2) is 47.4 Å². The highest BCUT2D eigenvalue weighted by molar-refractivity contribution is 5.98. The molecule has 9 heteroatoms. The van der Waals surface area contributed by atoms with Crippen LogP contribution >= 0.6 is 0 Å². The summed E-state index contributed by atoms with van der Waals surface area (Å²) in [5, 5.41) is 0. The molecular weight excluding hydrogens is 392 g/mol. The van der Waals surface area contributed by atoms with Gasteiger partial charge in [0.15, 0.2) is 11.5 Å². The molecule has 2 amide bonds. The second-order valence-corrected chi connectivity index (χ2v) is 5.80. The van der Waals surface area contributed by atoms with Crippen molar-refractivity contribution in [2.24, 2.45) is 0 Å². The zero-order valence-corrected chi connectivity index (χ0v) is 17.4. The number of ether oxygens (including phenoxy) is 5. The molecule has 0 fully saturated rings. The maximum atomic E-state index is 12.4. The first-order valence-electron chi connectivity index (χ1n) is 8.77. The van der Waals surface area contributed by atoms with Crippen LogP contribution in [0.25, 0.3) is 6.08 Å². The van der Waals surface area contributed by atoms with E-state index in [1.165, 1.54) is 46.6 Å². The Morgan fingerprint density at radius 3 is 1.93 bits per heavy atom. The number of hydrogen-bond donors (Lipinski definition) is 2. The summed E-state index contributed by atoms with van der Waals surface area (Å²) in [5.41, 5.74) is 5.52. The van der Waals surface area contributed by atoms with Gasteiger partial charge in [0.25, 0.3) is 11.8 Å². The van der Waals surface area contributed by atoms with Crippen LogP contribution in [0.2, 0.25) is 0 Å². The monoisotopic (exact) mass is 416 g/mol. The molecule has 0 aromatic heterocycles. The number of benzene rings is 2. The minimum Gasteiger partial charge on any atom is -0.497 e. The summed E-state index contributed by atoms with van der Waals surface area (Å²) < 4.78 is 26.1. The average molecular weight is 416 g/mol. The quantitative estimate of drug-likeness (QED) is 0.502. The lowest BCUT2D eigenvalue weighted by Gasteiger charge is -2.14. The Labute approximate surface area is 174 Å². The predicted molar refractivity (Wildman–Crippen MR) is 110 cm³/mol. The van der Waals surface area contributed by atoms with Crippen molar-refractivity contribution in [3.8, 4) is 28.7 Å². The number of hydrazine groups is 1. The molecule has 30 heavy (non-hydrogen) atoms. The van der Waals surface area contributed by atoms with Gasteiger partial charge in [0.05, 0.1) is 35.5 Å². The summed E-state index contributed by atoms with van der Waals surface area (Å²) in [6.07, 6.45) is 2.82. The van der Waals surface area contributed by atoms with E-state index in [1.54, 1.807) is 31.4 Å². The first-order valence-corrected chi connectivity index (χ1v) is 8.77. The Kier molecular flexibility index (Phi) is 7.92. The summed E-state index contributed by atoms with van der Waals surface area (Å²) in [7, 11) is 7.42. The molecule has 0 unspecified atom stereocenters. The first kappa shape index (κ1) is 22.4. The molecule has 0 aliphatic rings. The zero-order valence-electron chi connectivity index (χ0n) is 17.4. The van der Waals surface area contributed by atoms with Gasteiger partial charge in [0.2, 0.25) is 5.75 Å². The number of methoxy groups -OCH3 is 5. The van der Waals surface area contributed by atoms with Gasteiger partial charge in [-0.25, -0.2) is 0 Å². The lowest BCUT2D eigenvalue weighted by Crippen LogP contribution is -2.40. The lowest BCUT2D eigenvalue weighted by atomic mass is 10.1. The van der Waals surface area contributed by atoms with Crippen LogP contribution in [0.1, 0.15) is 15.9 Å². The third-order valence-corrected chi connectivity index (χ3v) is 4.08. The molecule has 0 saturated carbocycles. The van der Waals surface area contributed by atoms with E-state index in [9.17, 15) is 9.59 Å². The fourth-order valence-electron chi connectivity index (χ4n) is 2.57. The molecule has 0 bridgehead atoms. The number of carbonyl (C=O) groups is 2. The van der Waals surface area contributed by atoms with E-state index in [4.69, 9.17) is 23.7 Å². The van der Waals surface area contributed by atoms with Gasteiger partial charge in [-0.15, -0.1) is 0 Å². The normalized spacial score (nSPS) is 10.3. The van der Waals surface area contributed by atoms with Crippen LogP contribution in [0.15, 0.2) is 36.4 Å². The molecule has 0 spiro atoms. The van der Waals surface area contributed by atoms with Crippen LogP contribution in [0.3, 0.4) is 0 Å². The van der Waals surface area contributed by atoms with Crippen molar-refractivity contribution in [1.82, 2.24) is 10.9 Å². The van der Waals surface area contributed by atoms with Crippen molar-refractivity contribution in [2.45, 2.75) is 0 Å². The first-order chi connectivity index (χ1) is 14.5. The van der Waals surface area contributed by atoms with E-state index < -0.39 is 11.8 Å². The largest absolute Gasteiger partial charge is 0.497 e. The van der Waals surface area contributed by atoms with Crippen LogP contribution in [0.4, 0.5) is 0 Å². The number of rotatable bonds is 8. The Morgan fingerprint density at radius 1 is 0.767 bits per heavy atom. The number of hydrogen-bond acceptors (Lipinski definition) is 7. The molecule has 0 radical (unpaired) electrons. The molecule has 0 aliphatic carbocycles. The molecule has 2 aromatic carbocycles. The molecule has 2 N–H and O–H groups in total. The Bertz CT molecular complexity index is 916. The number of carbonyl (C=O) groups excluding carboxylic acids is 2. The lowest BCUT2D eigenvalue weighted by molar-refractivity contribution is -0.117. The van der Waals surface area contributed by atoms with Gasteiger partial charge >= 0.3 is 0 Å². The highest BCUT2D eigenvalue weighted by atomic mass is 16.5. The summed E-state index contributed by atoms with van der Waals surface area (Å²) in [5.74, 6) is 1.08. The van der Waals surface area contributed by atoms with Gasteiger partial charge in [-0.3, -0.25) is 20.4 Å². The van der Waals surface area contributed by atoms with Gasteiger partial charge < -0.3 is 23.7 Å². The second kappa shape index (κ2) is 10.6. The predicted octanol–water partition coefficient (Wildman–Crippen LogP) is 2.20. The maximum Gasteiger partial charge on any atom is 0.269 e. The second-order valence-electron chi connectivity index (χ2n) is 5.80. The van der Waals surface area contributed by atoms with E-state index >= 15 is 0 Å². The Balaban J connectivity index is 2.06. The van der Waals surface area contributed by atoms with E-state index in [0.717, 1.165) is 0 Å². The van der Waals surface area contributed by atoms with E-state index in [0.29, 0.717) is 34.3 Å². The zero-order chi connectivity index (χ0) is 22.1. The van der Waals surface area contributed by atoms with Crippen molar-refractivity contribution < 1.29 is 33.3 Å².